The van der Waals surface area contributed by atoms with Crippen LogP contribution in [0.5, 0.6) is 0 Å². The lowest BCUT2D eigenvalue weighted by Gasteiger charge is -2.31. The van der Waals surface area contributed by atoms with Crippen LogP contribution in [0.3, 0.4) is 0 Å². The second-order valence-electron chi connectivity index (χ2n) is 7.56. The van der Waals surface area contributed by atoms with Gasteiger partial charge in [-0.25, -0.2) is 0 Å². The van der Waals surface area contributed by atoms with Crippen molar-refractivity contribution in [2.75, 3.05) is 4.90 Å². The number of anilines is 1. The predicted molar refractivity (Wildman–Crippen MR) is 114 cm³/mol. The standard InChI is InChI=1S/C22H24N4O3S/c1-15-9-11-17(12-10-15)26(22(28)18-14-30-25-24-18)20(19-8-5-13-29-19)21(27)23-16-6-3-2-4-7-16/h5,8-14,16,20H,2-4,6-7H2,1H3,(H,23,27)/t20-/m0/s1. The van der Waals surface area contributed by atoms with Crippen LogP contribution in [0.2, 0.25) is 0 Å². The highest BCUT2D eigenvalue weighted by molar-refractivity contribution is 7.03. The molecule has 2 amide bonds. The third kappa shape index (κ3) is 4.43. The first-order valence-corrected chi connectivity index (χ1v) is 11.0. The monoisotopic (exact) mass is 424 g/mol. The SMILES string of the molecule is Cc1ccc(N(C(=O)c2csnn2)[C@H](C(=O)NC2CCCCC2)c2ccco2)cc1. The van der Waals surface area contributed by atoms with Gasteiger partial charge >= 0.3 is 0 Å². The van der Waals surface area contributed by atoms with Gasteiger partial charge in [0.1, 0.15) is 5.76 Å². The molecule has 1 aliphatic carbocycles. The zero-order valence-corrected chi connectivity index (χ0v) is 17.6. The van der Waals surface area contributed by atoms with E-state index in [1.165, 1.54) is 17.6 Å². The molecule has 7 nitrogen and oxygen atoms in total. The molecule has 2 heterocycles. The van der Waals surface area contributed by atoms with Crippen LogP contribution in [-0.2, 0) is 4.79 Å². The molecular formula is C22H24N4O3S. The molecule has 1 fully saturated rings. The van der Waals surface area contributed by atoms with Crippen molar-refractivity contribution in [3.63, 3.8) is 0 Å². The van der Waals surface area contributed by atoms with Crippen molar-refractivity contribution in [2.45, 2.75) is 51.1 Å². The highest BCUT2D eigenvalue weighted by atomic mass is 32.1. The molecule has 4 rings (SSSR count). The maximum Gasteiger partial charge on any atom is 0.280 e. The summed E-state index contributed by atoms with van der Waals surface area (Å²) in [6.45, 7) is 1.97. The molecule has 1 atom stereocenters. The first kappa shape index (κ1) is 20.3. The zero-order chi connectivity index (χ0) is 20.9. The zero-order valence-electron chi connectivity index (χ0n) is 16.8. The summed E-state index contributed by atoms with van der Waals surface area (Å²) in [5.74, 6) is -0.248. The van der Waals surface area contributed by atoms with Crippen molar-refractivity contribution in [3.8, 4) is 0 Å². The molecule has 156 valence electrons. The maximum atomic E-state index is 13.5. The van der Waals surface area contributed by atoms with Crippen LogP contribution < -0.4 is 10.2 Å². The van der Waals surface area contributed by atoms with Crippen LogP contribution >= 0.6 is 11.5 Å². The van der Waals surface area contributed by atoms with E-state index in [2.05, 4.69) is 14.9 Å². The van der Waals surface area contributed by atoms with E-state index in [1.807, 2.05) is 31.2 Å². The molecule has 0 unspecified atom stereocenters. The summed E-state index contributed by atoms with van der Waals surface area (Å²) in [7, 11) is 0. The van der Waals surface area contributed by atoms with Gasteiger partial charge in [0.25, 0.3) is 11.8 Å². The maximum absolute atomic E-state index is 13.5. The first-order valence-electron chi connectivity index (χ1n) is 10.1. The normalized spacial score (nSPS) is 15.5. The van der Waals surface area contributed by atoms with Gasteiger partial charge in [-0.05, 0) is 55.6 Å². The number of carbonyl (C=O) groups is 2. The Bertz CT molecular complexity index is 965. The Hall–Kier alpha value is -3.00. The number of aromatic nitrogens is 2. The van der Waals surface area contributed by atoms with Crippen LogP contribution in [0.15, 0.2) is 52.5 Å². The average Bonchev–Trinajstić information content (AvgIpc) is 3.47. The minimum atomic E-state index is -0.946. The molecule has 0 radical (unpaired) electrons. The number of rotatable bonds is 6. The molecule has 0 saturated heterocycles. The van der Waals surface area contributed by atoms with Crippen molar-refractivity contribution < 1.29 is 14.0 Å². The highest BCUT2D eigenvalue weighted by Gasteiger charge is 2.37. The largest absolute Gasteiger partial charge is 0.467 e. The van der Waals surface area contributed by atoms with Crippen molar-refractivity contribution in [2.24, 2.45) is 0 Å². The molecule has 3 aromatic rings. The van der Waals surface area contributed by atoms with Gasteiger partial charge in [0.2, 0.25) is 0 Å². The minimum Gasteiger partial charge on any atom is -0.467 e. The van der Waals surface area contributed by atoms with E-state index in [0.29, 0.717) is 11.4 Å². The van der Waals surface area contributed by atoms with Gasteiger partial charge in [0, 0.05) is 17.1 Å². The number of nitrogens with one attached hydrogen (secondary N) is 1. The lowest BCUT2D eigenvalue weighted by molar-refractivity contribution is -0.123. The van der Waals surface area contributed by atoms with E-state index in [0.717, 1.165) is 42.8 Å². The van der Waals surface area contributed by atoms with Gasteiger partial charge in [-0.3, -0.25) is 14.5 Å². The van der Waals surface area contributed by atoms with Crippen LogP contribution in [0.25, 0.3) is 0 Å². The van der Waals surface area contributed by atoms with E-state index in [9.17, 15) is 9.59 Å². The van der Waals surface area contributed by atoms with E-state index in [1.54, 1.807) is 17.5 Å². The molecular weight excluding hydrogens is 400 g/mol. The number of amides is 2. The number of hydrogen-bond donors (Lipinski definition) is 1. The average molecular weight is 425 g/mol. The topological polar surface area (TPSA) is 88.3 Å². The van der Waals surface area contributed by atoms with Crippen molar-refractivity contribution >= 4 is 29.0 Å². The number of carbonyl (C=O) groups excluding carboxylic acids is 2. The number of nitrogens with zero attached hydrogens (tertiary/aromatic N) is 3. The van der Waals surface area contributed by atoms with Gasteiger partial charge in [0.05, 0.1) is 6.26 Å². The summed E-state index contributed by atoms with van der Waals surface area (Å²) < 4.78 is 9.43. The third-order valence-corrected chi connectivity index (χ3v) is 5.89. The quantitative estimate of drug-likeness (QED) is 0.638. The second-order valence-corrected chi connectivity index (χ2v) is 8.17. The van der Waals surface area contributed by atoms with Gasteiger partial charge < -0.3 is 9.73 Å². The number of hydrogen-bond acceptors (Lipinski definition) is 6. The van der Waals surface area contributed by atoms with Crippen LogP contribution in [0, 0.1) is 6.92 Å². The number of furan rings is 1. The van der Waals surface area contributed by atoms with Gasteiger partial charge in [-0.2, -0.15) is 0 Å². The lowest BCUT2D eigenvalue weighted by atomic mass is 9.95. The Morgan fingerprint density at radius 2 is 1.93 bits per heavy atom. The Morgan fingerprint density at radius 1 is 1.17 bits per heavy atom. The molecule has 2 aromatic heterocycles. The van der Waals surface area contributed by atoms with E-state index in [4.69, 9.17) is 4.42 Å². The van der Waals surface area contributed by atoms with Crippen molar-refractivity contribution in [1.29, 1.82) is 0 Å². The second kappa shape index (κ2) is 9.21. The molecule has 30 heavy (non-hydrogen) atoms. The molecule has 0 aliphatic heterocycles. The minimum absolute atomic E-state index is 0.111. The fourth-order valence-corrected chi connectivity index (χ4v) is 4.25. The number of benzene rings is 1. The Labute approximate surface area is 179 Å². The third-order valence-electron chi connectivity index (χ3n) is 5.38. The first-order chi connectivity index (χ1) is 14.6. The molecule has 1 N–H and O–H groups in total. The Balaban J connectivity index is 1.73. The summed E-state index contributed by atoms with van der Waals surface area (Å²) >= 11 is 1.10. The van der Waals surface area contributed by atoms with Crippen molar-refractivity contribution in [3.05, 3.63) is 65.1 Å². The molecule has 8 heteroatoms. The summed E-state index contributed by atoms with van der Waals surface area (Å²) in [6.07, 6.45) is 6.80. The molecule has 0 bridgehead atoms. The Kier molecular flexibility index (Phi) is 6.23. The molecule has 1 aromatic carbocycles. The summed E-state index contributed by atoms with van der Waals surface area (Å²) in [5, 5.41) is 8.66. The Morgan fingerprint density at radius 3 is 2.57 bits per heavy atom. The molecule has 1 saturated carbocycles. The van der Waals surface area contributed by atoms with Gasteiger partial charge in [-0.1, -0.05) is 41.4 Å². The lowest BCUT2D eigenvalue weighted by Crippen LogP contribution is -2.47. The predicted octanol–water partition coefficient (Wildman–Crippen LogP) is 4.28. The molecule has 0 spiro atoms. The van der Waals surface area contributed by atoms with Gasteiger partial charge in [-0.15, -0.1) is 5.10 Å². The van der Waals surface area contributed by atoms with E-state index >= 15 is 0 Å². The number of aryl methyl sites for hydroxylation is 1. The van der Waals surface area contributed by atoms with E-state index in [-0.39, 0.29) is 17.6 Å². The smallest absolute Gasteiger partial charge is 0.280 e. The fourth-order valence-electron chi connectivity index (χ4n) is 3.82. The van der Waals surface area contributed by atoms with Gasteiger partial charge in [0.15, 0.2) is 11.7 Å². The van der Waals surface area contributed by atoms with Crippen LogP contribution in [0.1, 0.15) is 60.0 Å². The highest BCUT2D eigenvalue weighted by Crippen LogP contribution is 2.31. The van der Waals surface area contributed by atoms with Crippen LogP contribution in [0.4, 0.5) is 5.69 Å². The summed E-state index contributed by atoms with van der Waals surface area (Å²) in [6, 6.07) is 10.1. The van der Waals surface area contributed by atoms with Crippen LogP contribution in [-0.4, -0.2) is 27.4 Å². The molecule has 1 aliphatic rings. The summed E-state index contributed by atoms with van der Waals surface area (Å²) in [4.78, 5) is 28.4. The summed E-state index contributed by atoms with van der Waals surface area (Å²) in [5.41, 5.74) is 1.85. The van der Waals surface area contributed by atoms with Crippen molar-refractivity contribution in [1.82, 2.24) is 14.9 Å². The van der Waals surface area contributed by atoms with E-state index < -0.39 is 11.9 Å². The fraction of sp³-hybridized carbons (Fsp3) is 0.364.